The molecule has 1 saturated heterocycles. The van der Waals surface area contributed by atoms with E-state index in [-0.39, 0.29) is 36.3 Å². The molecule has 5 rings (SSSR count). The summed E-state index contributed by atoms with van der Waals surface area (Å²) in [6, 6.07) is 9.81. The number of fused-ring (bicyclic) bond motifs is 3. The van der Waals surface area contributed by atoms with E-state index in [4.69, 9.17) is 0 Å². The van der Waals surface area contributed by atoms with E-state index in [9.17, 15) is 14.4 Å². The lowest BCUT2D eigenvalue weighted by Gasteiger charge is -2.35. The van der Waals surface area contributed by atoms with Crippen LogP contribution >= 0.6 is 11.3 Å². The van der Waals surface area contributed by atoms with Crippen LogP contribution in [0.25, 0.3) is 10.2 Å². The first kappa shape index (κ1) is 21.2. The highest BCUT2D eigenvalue weighted by molar-refractivity contribution is 7.19. The van der Waals surface area contributed by atoms with E-state index in [1.807, 2.05) is 35.2 Å². The highest BCUT2D eigenvalue weighted by Gasteiger charge is 2.29. The third-order valence-corrected chi connectivity index (χ3v) is 8.28. The number of rotatable bonds is 5. The van der Waals surface area contributed by atoms with Crippen molar-refractivity contribution in [2.45, 2.75) is 71.0 Å². The molecule has 1 aliphatic heterocycles. The highest BCUT2D eigenvalue weighted by atomic mass is 32.1. The van der Waals surface area contributed by atoms with Crippen molar-refractivity contribution in [3.8, 4) is 0 Å². The van der Waals surface area contributed by atoms with Crippen molar-refractivity contribution in [2.24, 2.45) is 0 Å². The zero-order valence-corrected chi connectivity index (χ0v) is 19.3. The van der Waals surface area contributed by atoms with Crippen LogP contribution in [0.3, 0.4) is 0 Å². The number of amides is 1. The number of thiophene rings is 1. The lowest BCUT2D eigenvalue weighted by molar-refractivity contribution is -0.135. The Kier molecular flexibility index (Phi) is 5.76. The molecule has 0 saturated carbocycles. The van der Waals surface area contributed by atoms with Crippen molar-refractivity contribution in [1.82, 2.24) is 14.0 Å². The molecule has 2 aromatic heterocycles. The summed E-state index contributed by atoms with van der Waals surface area (Å²) in [6.07, 6.45) is 6.95. The quantitative estimate of drug-likeness (QED) is 0.596. The second-order valence-corrected chi connectivity index (χ2v) is 10.0. The molecular formula is C25H29N3O3S. The number of aryl methyl sites for hydroxylation is 2. The number of carbonyl (C=O) groups is 1. The second kappa shape index (κ2) is 8.70. The average Bonchev–Trinajstić information content (AvgIpc) is 3.41. The van der Waals surface area contributed by atoms with Gasteiger partial charge in [0.2, 0.25) is 5.91 Å². The summed E-state index contributed by atoms with van der Waals surface area (Å²) in [5, 5.41) is 0.650. The number of carbonyl (C=O) groups excluding carboxylic acids is 1. The van der Waals surface area contributed by atoms with Crippen molar-refractivity contribution >= 4 is 27.5 Å². The van der Waals surface area contributed by atoms with Crippen LogP contribution in [-0.4, -0.2) is 32.5 Å². The molecule has 0 spiro atoms. The standard InChI is InChI=1S/C25H29N3O3S/c1-2-18-11-6-7-14-26(18)21(29)16-28-24-22(19-12-8-13-20(19)32-24)23(30)27(25(28)31)15-17-9-4-3-5-10-17/h3-5,9-10,18H,2,6-8,11-16H2,1H3. The third-order valence-electron chi connectivity index (χ3n) is 6.96. The van der Waals surface area contributed by atoms with Gasteiger partial charge in [-0.2, -0.15) is 0 Å². The molecule has 2 aliphatic rings. The predicted molar refractivity (Wildman–Crippen MR) is 128 cm³/mol. The van der Waals surface area contributed by atoms with Gasteiger partial charge in [0.1, 0.15) is 11.4 Å². The molecule has 1 aliphatic carbocycles. The maximum absolute atomic E-state index is 13.6. The normalized spacial score (nSPS) is 18.3. The van der Waals surface area contributed by atoms with Crippen molar-refractivity contribution < 1.29 is 4.79 Å². The van der Waals surface area contributed by atoms with E-state index in [0.29, 0.717) is 10.2 Å². The molecule has 3 aromatic rings. The summed E-state index contributed by atoms with van der Waals surface area (Å²) in [5.74, 6) is -0.0154. The molecule has 0 bridgehead atoms. The Bertz CT molecular complexity index is 1270. The molecule has 1 aromatic carbocycles. The molecule has 3 heterocycles. The Labute approximate surface area is 191 Å². The highest BCUT2D eigenvalue weighted by Crippen LogP contribution is 2.35. The smallest absolute Gasteiger partial charge is 0.332 e. The first-order valence-corrected chi connectivity index (χ1v) is 12.5. The van der Waals surface area contributed by atoms with Crippen LogP contribution in [0, 0.1) is 0 Å². The van der Waals surface area contributed by atoms with Gasteiger partial charge in [0.15, 0.2) is 0 Å². The average molecular weight is 452 g/mol. The monoisotopic (exact) mass is 451 g/mol. The fourth-order valence-electron chi connectivity index (χ4n) is 5.28. The number of nitrogens with zero attached hydrogens (tertiary/aromatic N) is 3. The van der Waals surface area contributed by atoms with Crippen LogP contribution in [-0.2, 0) is 30.7 Å². The van der Waals surface area contributed by atoms with Crippen molar-refractivity contribution in [3.05, 3.63) is 67.2 Å². The molecule has 1 fully saturated rings. The third kappa shape index (κ3) is 3.62. The van der Waals surface area contributed by atoms with Crippen LogP contribution in [0.5, 0.6) is 0 Å². The fourth-order valence-corrected chi connectivity index (χ4v) is 6.65. The van der Waals surface area contributed by atoms with Gasteiger partial charge in [-0.3, -0.25) is 18.7 Å². The van der Waals surface area contributed by atoms with Gasteiger partial charge in [-0.25, -0.2) is 4.79 Å². The first-order chi connectivity index (χ1) is 15.6. The Morgan fingerprint density at radius 1 is 1.06 bits per heavy atom. The fraction of sp³-hybridized carbons (Fsp3) is 0.480. The molecule has 1 amide bonds. The SMILES string of the molecule is CCC1CCCCN1C(=O)Cn1c(=O)n(Cc2ccccc2)c(=O)c2c3c(sc21)CCC3. The van der Waals surface area contributed by atoms with Crippen molar-refractivity contribution in [2.75, 3.05) is 6.54 Å². The summed E-state index contributed by atoms with van der Waals surface area (Å²) < 4.78 is 2.90. The Morgan fingerprint density at radius 3 is 2.66 bits per heavy atom. The van der Waals surface area contributed by atoms with Gasteiger partial charge in [0.25, 0.3) is 5.56 Å². The molecule has 0 N–H and O–H groups in total. The number of hydrogen-bond acceptors (Lipinski definition) is 4. The number of piperidine rings is 1. The van der Waals surface area contributed by atoms with Gasteiger partial charge in [0, 0.05) is 17.5 Å². The molecule has 168 valence electrons. The molecule has 1 unspecified atom stereocenters. The second-order valence-electron chi connectivity index (χ2n) is 8.93. The van der Waals surface area contributed by atoms with Gasteiger partial charge in [-0.05, 0) is 56.1 Å². The van der Waals surface area contributed by atoms with Gasteiger partial charge in [-0.1, -0.05) is 37.3 Å². The number of benzene rings is 1. The zero-order chi connectivity index (χ0) is 22.2. The molecule has 32 heavy (non-hydrogen) atoms. The van der Waals surface area contributed by atoms with Crippen LogP contribution in [0.15, 0.2) is 39.9 Å². The summed E-state index contributed by atoms with van der Waals surface area (Å²) in [5.41, 5.74) is 1.38. The number of aromatic nitrogens is 2. The van der Waals surface area contributed by atoms with Gasteiger partial charge in [-0.15, -0.1) is 11.3 Å². The maximum atomic E-state index is 13.6. The van der Waals surface area contributed by atoms with Gasteiger partial charge in [0.05, 0.1) is 11.9 Å². The first-order valence-electron chi connectivity index (χ1n) is 11.7. The van der Waals surface area contributed by atoms with Gasteiger partial charge < -0.3 is 4.90 Å². The lowest BCUT2D eigenvalue weighted by atomic mass is 10.00. The molecule has 1 atom stereocenters. The molecule has 7 heteroatoms. The Morgan fingerprint density at radius 2 is 1.88 bits per heavy atom. The van der Waals surface area contributed by atoms with Crippen LogP contribution < -0.4 is 11.2 Å². The minimum atomic E-state index is -0.385. The zero-order valence-electron chi connectivity index (χ0n) is 18.5. The van der Waals surface area contributed by atoms with E-state index in [1.165, 1.54) is 20.8 Å². The minimum absolute atomic E-state index is 0.000294. The van der Waals surface area contributed by atoms with Crippen LogP contribution in [0.4, 0.5) is 0 Å². The van der Waals surface area contributed by atoms with Crippen LogP contribution in [0.1, 0.15) is 55.0 Å². The topological polar surface area (TPSA) is 64.3 Å². The largest absolute Gasteiger partial charge is 0.338 e. The summed E-state index contributed by atoms with van der Waals surface area (Å²) >= 11 is 1.53. The lowest BCUT2D eigenvalue weighted by Crippen LogP contribution is -2.47. The van der Waals surface area contributed by atoms with Crippen molar-refractivity contribution in [3.63, 3.8) is 0 Å². The number of likely N-dealkylation sites (tertiary alicyclic amines) is 1. The number of hydrogen-bond donors (Lipinski definition) is 0. The Hall–Kier alpha value is -2.67. The summed E-state index contributed by atoms with van der Waals surface area (Å²) in [4.78, 5) is 44.2. The Balaban J connectivity index is 1.62. The van der Waals surface area contributed by atoms with E-state index < -0.39 is 0 Å². The summed E-state index contributed by atoms with van der Waals surface area (Å²) in [6.45, 7) is 3.08. The van der Waals surface area contributed by atoms with Crippen molar-refractivity contribution in [1.29, 1.82) is 0 Å². The molecule has 0 radical (unpaired) electrons. The van der Waals surface area contributed by atoms with E-state index in [2.05, 4.69) is 6.92 Å². The van der Waals surface area contributed by atoms with Gasteiger partial charge >= 0.3 is 5.69 Å². The van der Waals surface area contributed by atoms with E-state index in [1.54, 1.807) is 4.57 Å². The van der Waals surface area contributed by atoms with Crippen LogP contribution in [0.2, 0.25) is 0 Å². The molecule has 6 nitrogen and oxygen atoms in total. The van der Waals surface area contributed by atoms with E-state index >= 15 is 0 Å². The van der Waals surface area contributed by atoms with E-state index in [0.717, 1.165) is 62.6 Å². The predicted octanol–water partition coefficient (Wildman–Crippen LogP) is 3.55. The minimum Gasteiger partial charge on any atom is -0.338 e. The maximum Gasteiger partial charge on any atom is 0.332 e. The molecular weight excluding hydrogens is 422 g/mol. The summed E-state index contributed by atoms with van der Waals surface area (Å²) in [7, 11) is 0.